The van der Waals surface area contributed by atoms with Gasteiger partial charge < -0.3 is 15.0 Å². The third kappa shape index (κ3) is 3.37. The molecular weight excluding hydrogens is 316 g/mol. The van der Waals surface area contributed by atoms with E-state index < -0.39 is 0 Å². The number of benzene rings is 1. The Morgan fingerprint density at radius 3 is 2.68 bits per heavy atom. The van der Waals surface area contributed by atoms with Gasteiger partial charge in [0.25, 0.3) is 0 Å². The van der Waals surface area contributed by atoms with Crippen molar-refractivity contribution in [1.82, 2.24) is 10.2 Å². The number of amides is 2. The molecule has 1 saturated heterocycles. The highest BCUT2D eigenvalue weighted by atomic mass is 16.5. The molecule has 1 heterocycles. The summed E-state index contributed by atoms with van der Waals surface area (Å²) < 4.78 is 5.31. The molecule has 1 N–H and O–H groups in total. The summed E-state index contributed by atoms with van der Waals surface area (Å²) in [5.41, 5.74) is 0.871. The molecule has 134 valence electrons. The van der Waals surface area contributed by atoms with Crippen molar-refractivity contribution in [3.63, 3.8) is 0 Å². The number of likely N-dealkylation sites (tertiary alicyclic amines) is 1. The van der Waals surface area contributed by atoms with Crippen LogP contribution in [0, 0.1) is 11.8 Å². The van der Waals surface area contributed by atoms with Gasteiger partial charge in [-0.25, -0.2) is 0 Å². The zero-order valence-electron chi connectivity index (χ0n) is 14.8. The van der Waals surface area contributed by atoms with Crippen LogP contribution in [0.5, 0.6) is 5.75 Å². The second-order valence-electron chi connectivity index (χ2n) is 7.70. The predicted octanol–water partition coefficient (Wildman–Crippen LogP) is 2.45. The maximum Gasteiger partial charge on any atom is 0.225 e. The summed E-state index contributed by atoms with van der Waals surface area (Å²) in [7, 11) is 1.66. The lowest BCUT2D eigenvalue weighted by atomic mass is 9.95. The van der Waals surface area contributed by atoms with Crippen molar-refractivity contribution < 1.29 is 14.3 Å². The minimum absolute atomic E-state index is 0.0838. The fourth-order valence-electron chi connectivity index (χ4n) is 3.85. The van der Waals surface area contributed by atoms with Crippen molar-refractivity contribution in [2.75, 3.05) is 20.2 Å². The van der Waals surface area contributed by atoms with Crippen LogP contribution in [0.4, 0.5) is 0 Å². The number of nitrogens with one attached hydrogen (secondary N) is 1. The number of ether oxygens (including phenoxy) is 1. The van der Waals surface area contributed by atoms with E-state index in [0.29, 0.717) is 6.54 Å². The van der Waals surface area contributed by atoms with Gasteiger partial charge in [-0.1, -0.05) is 12.1 Å². The minimum Gasteiger partial charge on any atom is -0.497 e. The fraction of sp³-hybridized carbons (Fsp3) is 0.600. The van der Waals surface area contributed by atoms with Crippen molar-refractivity contribution in [3.8, 4) is 5.75 Å². The minimum atomic E-state index is -0.242. The monoisotopic (exact) mass is 342 g/mol. The molecule has 4 rings (SSSR count). The Morgan fingerprint density at radius 1 is 1.20 bits per heavy atom. The molecule has 3 fully saturated rings. The number of rotatable bonds is 5. The number of carbonyl (C=O) groups is 2. The van der Waals surface area contributed by atoms with Gasteiger partial charge in [-0.05, 0) is 56.2 Å². The van der Waals surface area contributed by atoms with E-state index in [1.54, 1.807) is 7.11 Å². The zero-order chi connectivity index (χ0) is 17.4. The molecule has 5 nitrogen and oxygen atoms in total. The molecule has 1 aromatic carbocycles. The summed E-state index contributed by atoms with van der Waals surface area (Å²) >= 11 is 0. The van der Waals surface area contributed by atoms with Crippen LogP contribution in [0.15, 0.2) is 24.3 Å². The van der Waals surface area contributed by atoms with Gasteiger partial charge in [0.2, 0.25) is 11.8 Å². The van der Waals surface area contributed by atoms with Crippen LogP contribution >= 0.6 is 0 Å². The quantitative estimate of drug-likeness (QED) is 0.894. The van der Waals surface area contributed by atoms with Crippen LogP contribution in [-0.4, -0.2) is 36.9 Å². The highest BCUT2D eigenvalue weighted by molar-refractivity contribution is 5.84. The smallest absolute Gasteiger partial charge is 0.225 e. The van der Waals surface area contributed by atoms with Crippen molar-refractivity contribution in [1.29, 1.82) is 0 Å². The molecule has 1 aliphatic heterocycles. The Morgan fingerprint density at radius 2 is 2.00 bits per heavy atom. The molecule has 2 amide bonds. The molecule has 2 saturated carbocycles. The fourth-order valence-corrected chi connectivity index (χ4v) is 3.85. The normalized spacial score (nSPS) is 24.5. The van der Waals surface area contributed by atoms with E-state index in [2.05, 4.69) is 11.4 Å². The summed E-state index contributed by atoms with van der Waals surface area (Å²) in [6.07, 6.45) is 5.75. The van der Waals surface area contributed by atoms with Gasteiger partial charge in [-0.2, -0.15) is 0 Å². The summed E-state index contributed by atoms with van der Waals surface area (Å²) in [4.78, 5) is 27.1. The number of piperidine rings is 1. The van der Waals surface area contributed by atoms with Gasteiger partial charge >= 0.3 is 0 Å². The average molecular weight is 342 g/mol. The van der Waals surface area contributed by atoms with Gasteiger partial charge in [-0.3, -0.25) is 9.59 Å². The first kappa shape index (κ1) is 16.4. The first-order chi connectivity index (χ1) is 12.1. The zero-order valence-corrected chi connectivity index (χ0v) is 14.8. The van der Waals surface area contributed by atoms with E-state index in [-0.39, 0.29) is 29.2 Å². The molecule has 0 aromatic heterocycles. The third-order valence-corrected chi connectivity index (χ3v) is 5.77. The maximum atomic E-state index is 12.9. The Hall–Kier alpha value is -2.04. The molecule has 0 bridgehead atoms. The summed E-state index contributed by atoms with van der Waals surface area (Å²) in [6, 6.07) is 7.96. The molecule has 1 atom stereocenters. The number of nitrogens with zero attached hydrogens (tertiary/aromatic N) is 1. The molecule has 0 radical (unpaired) electrons. The first-order valence-corrected chi connectivity index (χ1v) is 9.37. The van der Waals surface area contributed by atoms with E-state index >= 15 is 0 Å². The van der Waals surface area contributed by atoms with E-state index in [9.17, 15) is 9.59 Å². The van der Waals surface area contributed by atoms with Crippen LogP contribution in [-0.2, 0) is 15.1 Å². The summed E-state index contributed by atoms with van der Waals surface area (Å²) in [6.45, 7) is 1.38. The Bertz CT molecular complexity index is 679. The van der Waals surface area contributed by atoms with E-state index in [0.717, 1.165) is 56.4 Å². The molecule has 2 aliphatic carbocycles. The molecule has 0 spiro atoms. The Labute approximate surface area is 148 Å². The predicted molar refractivity (Wildman–Crippen MR) is 94.1 cm³/mol. The molecule has 0 unspecified atom stereocenters. The Kier molecular flexibility index (Phi) is 4.18. The highest BCUT2D eigenvalue weighted by Gasteiger charge is 2.47. The van der Waals surface area contributed by atoms with Crippen molar-refractivity contribution in [2.24, 2.45) is 11.8 Å². The highest BCUT2D eigenvalue weighted by Crippen LogP contribution is 2.46. The van der Waals surface area contributed by atoms with Crippen LogP contribution in [0.25, 0.3) is 0 Å². The molecule has 3 aliphatic rings. The maximum absolute atomic E-state index is 12.9. The van der Waals surface area contributed by atoms with E-state index in [1.165, 1.54) is 0 Å². The van der Waals surface area contributed by atoms with Gasteiger partial charge in [0.15, 0.2) is 0 Å². The number of hydrogen-bond donors (Lipinski definition) is 1. The molecule has 25 heavy (non-hydrogen) atoms. The summed E-state index contributed by atoms with van der Waals surface area (Å²) in [5, 5.41) is 3.28. The van der Waals surface area contributed by atoms with E-state index in [1.807, 2.05) is 23.1 Å². The number of hydrogen-bond acceptors (Lipinski definition) is 3. The second-order valence-corrected chi connectivity index (χ2v) is 7.70. The van der Waals surface area contributed by atoms with Crippen LogP contribution in [0.1, 0.15) is 44.1 Å². The van der Waals surface area contributed by atoms with Crippen LogP contribution in [0.3, 0.4) is 0 Å². The first-order valence-electron chi connectivity index (χ1n) is 9.37. The van der Waals surface area contributed by atoms with Crippen molar-refractivity contribution >= 4 is 11.8 Å². The lowest BCUT2D eigenvalue weighted by Crippen LogP contribution is -2.48. The van der Waals surface area contributed by atoms with Gasteiger partial charge in [0.05, 0.1) is 18.6 Å². The third-order valence-electron chi connectivity index (χ3n) is 5.77. The Balaban J connectivity index is 1.41. The number of carbonyl (C=O) groups excluding carboxylic acids is 2. The van der Waals surface area contributed by atoms with Gasteiger partial charge in [0.1, 0.15) is 5.75 Å². The standard InChI is InChI=1S/C20H26N2O3/c1-25-17-6-2-5-16(12-17)20(9-10-20)21-18(23)15-4-3-11-22(13-15)19(24)14-7-8-14/h2,5-6,12,14-15H,3-4,7-11,13H2,1H3,(H,21,23)/t15-/m1/s1. The SMILES string of the molecule is COc1cccc(C2(NC(=O)[C@@H]3CCCN(C(=O)C4CC4)C3)CC2)c1. The lowest BCUT2D eigenvalue weighted by Gasteiger charge is -2.33. The summed E-state index contributed by atoms with van der Waals surface area (Å²) in [5.74, 6) is 1.31. The van der Waals surface area contributed by atoms with Gasteiger partial charge in [0, 0.05) is 19.0 Å². The lowest BCUT2D eigenvalue weighted by molar-refractivity contribution is -0.137. The molecule has 5 heteroatoms. The van der Waals surface area contributed by atoms with Crippen molar-refractivity contribution in [2.45, 2.75) is 44.1 Å². The number of methoxy groups -OCH3 is 1. The van der Waals surface area contributed by atoms with Crippen LogP contribution in [0.2, 0.25) is 0 Å². The topological polar surface area (TPSA) is 58.6 Å². The second kappa shape index (κ2) is 6.36. The average Bonchev–Trinajstić information content (AvgIpc) is 3.56. The van der Waals surface area contributed by atoms with E-state index in [4.69, 9.17) is 4.74 Å². The molecule has 1 aromatic rings. The van der Waals surface area contributed by atoms with Crippen molar-refractivity contribution in [3.05, 3.63) is 29.8 Å². The molecular formula is C20H26N2O3. The largest absolute Gasteiger partial charge is 0.497 e. The van der Waals surface area contributed by atoms with Gasteiger partial charge in [-0.15, -0.1) is 0 Å². The van der Waals surface area contributed by atoms with Crippen LogP contribution < -0.4 is 10.1 Å².